The fourth-order valence-electron chi connectivity index (χ4n) is 4.77. The van der Waals surface area contributed by atoms with Crippen LogP contribution >= 0.6 is 0 Å². The van der Waals surface area contributed by atoms with E-state index in [0.29, 0.717) is 16.8 Å². The highest BCUT2D eigenvalue weighted by Crippen LogP contribution is 2.23. The molecule has 276 valence electrons. The van der Waals surface area contributed by atoms with Crippen molar-refractivity contribution < 1.29 is 58.4 Å². The minimum Gasteiger partial charge on any atom is -0.453 e. The van der Waals surface area contributed by atoms with E-state index in [-0.39, 0.29) is 5.56 Å². The number of hydrogen-bond donors (Lipinski definition) is 5. The van der Waals surface area contributed by atoms with Gasteiger partial charge in [-0.15, -0.1) is 0 Å². The van der Waals surface area contributed by atoms with Crippen LogP contribution in [0.25, 0.3) is 11.3 Å². The lowest BCUT2D eigenvalue weighted by molar-refractivity contribution is -0.132. The molecule has 0 radical (unpaired) electrons. The average molecular weight is 723 g/mol. The number of methoxy groups -OCH3 is 2. The van der Waals surface area contributed by atoms with Crippen LogP contribution in [-0.2, 0) is 32.0 Å². The number of aliphatic hydroxyl groups is 1. The maximum atomic E-state index is 14.5. The molecule has 1 heterocycles. The lowest BCUT2D eigenvalue weighted by Gasteiger charge is -2.35. The lowest BCUT2D eigenvalue weighted by atomic mass is 9.85. The van der Waals surface area contributed by atoms with Gasteiger partial charge in [-0.2, -0.15) is 0 Å². The minimum atomic E-state index is -4.06. The number of carbonyl (C=O) groups excluding carboxylic acids is 4. The summed E-state index contributed by atoms with van der Waals surface area (Å²) < 4.78 is 157. The van der Waals surface area contributed by atoms with Gasteiger partial charge >= 0.3 is 12.2 Å². The van der Waals surface area contributed by atoms with E-state index in [9.17, 15) is 24.3 Å². The van der Waals surface area contributed by atoms with Crippen molar-refractivity contribution >= 4 is 24.0 Å². The first-order valence-electron chi connectivity index (χ1n) is 24.3. The van der Waals surface area contributed by atoms with Gasteiger partial charge in [-0.3, -0.25) is 20.0 Å². The van der Waals surface area contributed by atoms with E-state index in [1.165, 1.54) is 42.6 Å². The number of aliphatic hydroxyl groups excluding tert-OH is 1. The van der Waals surface area contributed by atoms with Crippen molar-refractivity contribution in [2.45, 2.75) is 78.3 Å². The summed E-state index contributed by atoms with van der Waals surface area (Å²) in [6.07, 6.45) is -4.22. The van der Waals surface area contributed by atoms with Crippen LogP contribution in [0.15, 0.2) is 79.0 Å². The van der Waals surface area contributed by atoms with Gasteiger partial charge in [0.25, 0.3) is 5.91 Å². The van der Waals surface area contributed by atoms with Crippen LogP contribution in [-0.4, -0.2) is 84.1 Å². The number of carbonyl (C=O) groups is 4. The quantitative estimate of drug-likeness (QED) is 0.153. The molecule has 5 N–H and O–H groups in total. The number of nitrogens with zero attached hydrogens (tertiary/aromatic N) is 2. The zero-order valence-corrected chi connectivity index (χ0v) is 27.7. The number of ether oxygens (including phenoxy) is 2. The van der Waals surface area contributed by atoms with E-state index >= 15 is 0 Å². The van der Waals surface area contributed by atoms with Gasteiger partial charge in [-0.05, 0) is 40.5 Å². The second-order valence-electron chi connectivity index (χ2n) is 11.4. The SMILES string of the molecule is [2H]C([2H])([2H])C([C@H](NC(=O)OC)C(=O)N[C@@H](Cc1ccccc1)[C@@H](O)CN(Cc1ccc(-c2ccccn2)cc1)NC(=O)[C@@H](NC(=O)OC)C(C([2H])([2H])[2H])(C([2H])([2H])[2H])C([2H])([2H])[2H])(C([2H])([2H])[2H])C([2H])([2H])[2H]. The van der Waals surface area contributed by atoms with Crippen molar-refractivity contribution in [2.24, 2.45) is 10.8 Å². The average Bonchev–Trinajstić information content (AvgIpc) is 3.20. The third-order valence-corrected chi connectivity index (χ3v) is 7.34. The minimum absolute atomic E-state index is 0.289. The van der Waals surface area contributed by atoms with E-state index in [0.717, 1.165) is 19.2 Å². The normalized spacial score (nSPS) is 20.7. The molecule has 51 heavy (non-hydrogen) atoms. The van der Waals surface area contributed by atoms with Gasteiger partial charge in [0.15, 0.2) is 0 Å². The van der Waals surface area contributed by atoms with Crippen molar-refractivity contribution in [3.05, 3.63) is 90.1 Å². The van der Waals surface area contributed by atoms with E-state index in [1.54, 1.807) is 47.0 Å². The maximum absolute atomic E-state index is 14.5. The van der Waals surface area contributed by atoms with Crippen LogP contribution in [0.4, 0.5) is 9.59 Å². The van der Waals surface area contributed by atoms with E-state index in [2.05, 4.69) is 25.2 Å². The van der Waals surface area contributed by atoms with Crippen LogP contribution in [0.5, 0.6) is 0 Å². The Hall–Kier alpha value is -5.01. The van der Waals surface area contributed by atoms with Crippen molar-refractivity contribution in [1.29, 1.82) is 0 Å². The number of nitrogens with one attached hydrogen (secondary N) is 4. The Morgan fingerprint density at radius 1 is 0.765 bits per heavy atom. The van der Waals surface area contributed by atoms with Crippen molar-refractivity contribution in [3.8, 4) is 11.3 Å². The second-order valence-corrected chi connectivity index (χ2v) is 11.4. The zero-order valence-electron chi connectivity index (χ0n) is 45.7. The van der Waals surface area contributed by atoms with E-state index < -0.39 is 120 Å². The van der Waals surface area contributed by atoms with Crippen LogP contribution in [0, 0.1) is 10.8 Å². The Morgan fingerprint density at radius 2 is 1.33 bits per heavy atom. The molecule has 0 saturated heterocycles. The number of benzene rings is 2. The van der Waals surface area contributed by atoms with Crippen molar-refractivity contribution in [2.75, 3.05) is 20.8 Å². The summed E-state index contributed by atoms with van der Waals surface area (Å²) in [5.41, 5.74) is -4.15. The van der Waals surface area contributed by atoms with Crippen LogP contribution in [0.1, 0.15) is 76.9 Å². The van der Waals surface area contributed by atoms with Gasteiger partial charge in [0, 0.05) is 49.5 Å². The zero-order chi connectivity index (χ0) is 52.8. The molecule has 0 saturated carbocycles. The Labute approximate surface area is 325 Å². The molecule has 4 atom stereocenters. The molecule has 3 aromatic rings. The predicted molar refractivity (Wildman–Crippen MR) is 194 cm³/mol. The Kier molecular flexibility index (Phi) is 7.67. The molecule has 4 amide bonds. The van der Waals surface area contributed by atoms with Crippen LogP contribution in [0.3, 0.4) is 0 Å². The third-order valence-electron chi connectivity index (χ3n) is 7.34. The first kappa shape index (κ1) is 21.4. The molecule has 13 nitrogen and oxygen atoms in total. The third kappa shape index (κ3) is 12.7. The van der Waals surface area contributed by atoms with Gasteiger partial charge in [0.1, 0.15) is 12.1 Å². The maximum Gasteiger partial charge on any atom is 0.407 e. The summed E-state index contributed by atoms with van der Waals surface area (Å²) in [7, 11) is 1.51. The van der Waals surface area contributed by atoms with Crippen LogP contribution in [0.2, 0.25) is 0 Å². The molecule has 13 heteroatoms. The Bertz CT molecular complexity index is 2130. The first-order valence-corrected chi connectivity index (χ1v) is 15.3. The first-order chi connectivity index (χ1) is 31.5. The molecular weight excluding hydrogens is 652 g/mol. The molecule has 1 aromatic heterocycles. The van der Waals surface area contributed by atoms with Crippen molar-refractivity contribution in [3.63, 3.8) is 0 Å². The highest BCUT2D eigenvalue weighted by Gasteiger charge is 2.37. The molecule has 0 aliphatic rings. The van der Waals surface area contributed by atoms with Gasteiger partial charge in [0.2, 0.25) is 5.91 Å². The highest BCUT2D eigenvalue weighted by atomic mass is 16.5. The molecule has 0 aliphatic carbocycles. The van der Waals surface area contributed by atoms with Gasteiger partial charge in [0.05, 0.1) is 32.1 Å². The second kappa shape index (κ2) is 18.3. The fraction of sp³-hybridized carbons (Fsp3) is 0.447. The van der Waals surface area contributed by atoms with Gasteiger partial charge in [-0.25, -0.2) is 14.6 Å². The summed E-state index contributed by atoms with van der Waals surface area (Å²) >= 11 is 0. The number of rotatable bonds is 14. The number of alkyl carbamates (subject to hydrolysis) is 2. The fourth-order valence-corrected chi connectivity index (χ4v) is 4.77. The molecule has 0 spiro atoms. The van der Waals surface area contributed by atoms with Gasteiger partial charge in [-0.1, -0.05) is 102 Å². The van der Waals surface area contributed by atoms with E-state index in [4.69, 9.17) is 24.7 Å². The highest BCUT2D eigenvalue weighted by molar-refractivity contribution is 5.87. The number of hydrogen-bond acceptors (Lipinski definition) is 9. The molecule has 2 aromatic carbocycles. The van der Waals surface area contributed by atoms with Crippen LogP contribution < -0.4 is 21.4 Å². The smallest absolute Gasteiger partial charge is 0.407 e. The van der Waals surface area contributed by atoms with E-state index in [1.807, 2.05) is 0 Å². The Morgan fingerprint density at radius 3 is 1.86 bits per heavy atom. The summed E-state index contributed by atoms with van der Waals surface area (Å²) in [6.45, 7) is -25.8. The molecular formula is C38H52N6O7. The summed E-state index contributed by atoms with van der Waals surface area (Å²) in [5.74, 6) is -3.53. The van der Waals surface area contributed by atoms with Crippen molar-refractivity contribution in [1.82, 2.24) is 31.4 Å². The molecule has 0 bridgehead atoms. The lowest BCUT2D eigenvalue weighted by Crippen LogP contribution is -2.60. The topological polar surface area (TPSA) is 171 Å². The monoisotopic (exact) mass is 723 g/mol. The standard InChI is InChI=1S/C38H52N6O7/c1-37(2,3)31(41-35(48)50-7)33(46)40-29(22-25-14-10-9-11-15-25)30(45)24-44(43-34(47)32(38(4,5)6)42-36(49)51-8)23-26-17-19-27(20-18-26)28-16-12-13-21-39-28/h9-21,29-32,45H,22-24H2,1-8H3,(H,40,46)(H,41,48)(H,42,49)(H,43,47)/t29-,30-,31+,32+/m0/s1/i1D3,2D3,3D3,4D3,5D3,6D3. The molecule has 0 unspecified atom stereocenters. The Balaban J connectivity index is 2.31. The summed E-state index contributed by atoms with van der Waals surface area (Å²) in [6, 6.07) is 11.3. The number of aromatic nitrogens is 1. The predicted octanol–water partition coefficient (Wildman–Crippen LogP) is 4.21. The molecule has 0 fully saturated rings. The van der Waals surface area contributed by atoms with Gasteiger partial charge < -0.3 is 30.5 Å². The molecule has 0 aliphatic heterocycles. The number of pyridine rings is 1. The molecule has 3 rings (SSSR count). The number of amides is 4. The number of hydrazine groups is 1. The summed E-state index contributed by atoms with van der Waals surface area (Å²) in [5, 5.41) is 18.7. The largest absolute Gasteiger partial charge is 0.453 e. The summed E-state index contributed by atoms with van der Waals surface area (Å²) in [4.78, 5) is 58.6.